The number of nitrogens with zero attached hydrogens (tertiary/aromatic N) is 1. The van der Waals surface area contributed by atoms with Crippen molar-refractivity contribution in [3.05, 3.63) is 51.7 Å². The molecule has 0 aliphatic heterocycles. The van der Waals surface area contributed by atoms with E-state index < -0.39 is 10.0 Å². The van der Waals surface area contributed by atoms with Crippen molar-refractivity contribution in [1.29, 1.82) is 0 Å². The van der Waals surface area contributed by atoms with E-state index in [2.05, 4.69) is 4.99 Å². The molecule has 0 radical (unpaired) electrons. The Kier molecular flexibility index (Phi) is 4.14. The molecule has 0 bridgehead atoms. The fraction of sp³-hybridized carbons (Fsp3) is 0.154. The molecule has 19 heavy (non-hydrogen) atoms. The summed E-state index contributed by atoms with van der Waals surface area (Å²) in [6.07, 6.45) is 1.82. The topological polar surface area (TPSA) is 72.5 Å². The number of thiophene rings is 1. The molecule has 1 aromatic carbocycles. The molecule has 0 atom stereocenters. The van der Waals surface area contributed by atoms with Crippen LogP contribution in [0.3, 0.4) is 0 Å². The number of aryl methyl sites for hydroxylation is 1. The summed E-state index contributed by atoms with van der Waals surface area (Å²) in [5.74, 6) is 0. The molecule has 0 aliphatic carbocycles. The van der Waals surface area contributed by atoms with Gasteiger partial charge in [-0.1, -0.05) is 12.1 Å². The SMILES string of the molecule is Cc1ccc(C=NCc2ccc(S(N)(=O)=O)cc2)s1. The average molecular weight is 294 g/mol. The third-order valence-corrected chi connectivity index (χ3v) is 4.37. The van der Waals surface area contributed by atoms with Crippen LogP contribution in [0.1, 0.15) is 15.3 Å². The Morgan fingerprint density at radius 2 is 1.89 bits per heavy atom. The van der Waals surface area contributed by atoms with Crippen LogP contribution in [0.5, 0.6) is 0 Å². The van der Waals surface area contributed by atoms with Gasteiger partial charge in [-0.15, -0.1) is 11.3 Å². The Morgan fingerprint density at radius 3 is 2.42 bits per heavy atom. The van der Waals surface area contributed by atoms with E-state index in [4.69, 9.17) is 5.14 Å². The van der Waals surface area contributed by atoms with E-state index in [1.165, 1.54) is 17.0 Å². The van der Waals surface area contributed by atoms with Crippen LogP contribution in [-0.2, 0) is 16.6 Å². The van der Waals surface area contributed by atoms with Crippen molar-refractivity contribution in [3.63, 3.8) is 0 Å². The van der Waals surface area contributed by atoms with Gasteiger partial charge in [0.25, 0.3) is 0 Å². The second-order valence-electron chi connectivity index (χ2n) is 4.11. The standard InChI is InChI=1S/C13H14N2O2S2/c1-10-2-5-12(18-10)9-15-8-11-3-6-13(7-4-11)19(14,16)17/h2-7,9H,8H2,1H3,(H2,14,16,17). The normalized spacial score (nSPS) is 12.1. The van der Waals surface area contributed by atoms with E-state index in [0.717, 1.165) is 10.4 Å². The van der Waals surface area contributed by atoms with E-state index in [0.29, 0.717) is 6.54 Å². The summed E-state index contributed by atoms with van der Waals surface area (Å²) in [6.45, 7) is 2.57. The van der Waals surface area contributed by atoms with E-state index in [-0.39, 0.29) is 4.90 Å². The van der Waals surface area contributed by atoms with Crippen molar-refractivity contribution in [3.8, 4) is 0 Å². The van der Waals surface area contributed by atoms with Crippen LogP contribution in [0.4, 0.5) is 0 Å². The van der Waals surface area contributed by atoms with Crippen LogP contribution in [0, 0.1) is 6.92 Å². The zero-order chi connectivity index (χ0) is 13.9. The van der Waals surface area contributed by atoms with E-state index in [1.807, 2.05) is 25.3 Å². The number of nitrogens with two attached hydrogens (primary N) is 1. The molecule has 100 valence electrons. The quantitative estimate of drug-likeness (QED) is 0.879. The number of benzene rings is 1. The van der Waals surface area contributed by atoms with Crippen LogP contribution >= 0.6 is 11.3 Å². The Hall–Kier alpha value is -1.50. The van der Waals surface area contributed by atoms with E-state index in [9.17, 15) is 8.42 Å². The lowest BCUT2D eigenvalue weighted by molar-refractivity contribution is 0.598. The number of sulfonamides is 1. The summed E-state index contributed by atoms with van der Waals surface area (Å²) >= 11 is 1.68. The predicted molar refractivity (Wildman–Crippen MR) is 78.2 cm³/mol. The Bertz CT molecular complexity index is 686. The lowest BCUT2D eigenvalue weighted by Crippen LogP contribution is -2.11. The van der Waals surface area contributed by atoms with E-state index in [1.54, 1.807) is 23.5 Å². The largest absolute Gasteiger partial charge is 0.287 e. The first-order valence-corrected chi connectivity index (χ1v) is 7.99. The first-order valence-electron chi connectivity index (χ1n) is 5.63. The molecule has 0 amide bonds. The maximum absolute atomic E-state index is 11.1. The van der Waals surface area contributed by atoms with Crippen LogP contribution in [0.15, 0.2) is 46.3 Å². The minimum atomic E-state index is -3.62. The fourth-order valence-corrected chi connectivity index (χ4v) is 2.84. The molecular weight excluding hydrogens is 280 g/mol. The molecule has 0 fully saturated rings. The molecular formula is C13H14N2O2S2. The predicted octanol–water partition coefficient (Wildman–Crippen LogP) is 2.32. The molecule has 2 aromatic rings. The zero-order valence-electron chi connectivity index (χ0n) is 10.4. The lowest BCUT2D eigenvalue weighted by Gasteiger charge is -1.99. The molecule has 0 saturated carbocycles. The van der Waals surface area contributed by atoms with Gasteiger partial charge in [0.05, 0.1) is 11.4 Å². The van der Waals surface area contributed by atoms with Gasteiger partial charge in [-0.3, -0.25) is 4.99 Å². The number of hydrogen-bond donors (Lipinski definition) is 1. The zero-order valence-corrected chi connectivity index (χ0v) is 12.0. The number of aliphatic imine (C=N–C) groups is 1. The molecule has 6 heteroatoms. The summed E-state index contributed by atoms with van der Waals surface area (Å²) < 4.78 is 22.2. The maximum Gasteiger partial charge on any atom is 0.238 e. The van der Waals surface area contributed by atoms with Crippen molar-refractivity contribution in [2.45, 2.75) is 18.4 Å². The van der Waals surface area contributed by atoms with Gasteiger partial charge >= 0.3 is 0 Å². The second-order valence-corrected chi connectivity index (χ2v) is 6.99. The van der Waals surface area contributed by atoms with Gasteiger partial charge in [0.2, 0.25) is 10.0 Å². The van der Waals surface area contributed by atoms with Crippen LogP contribution < -0.4 is 5.14 Å². The molecule has 0 saturated heterocycles. The Morgan fingerprint density at radius 1 is 1.21 bits per heavy atom. The fourth-order valence-electron chi connectivity index (χ4n) is 1.55. The van der Waals surface area contributed by atoms with Gasteiger partial charge in [0.15, 0.2) is 0 Å². The summed E-state index contributed by atoms with van der Waals surface area (Å²) in [6, 6.07) is 10.5. The van der Waals surface area contributed by atoms with E-state index >= 15 is 0 Å². The number of primary sulfonamides is 1. The second kappa shape index (κ2) is 5.64. The number of hydrogen-bond acceptors (Lipinski definition) is 4. The molecule has 1 aromatic heterocycles. The highest BCUT2D eigenvalue weighted by atomic mass is 32.2. The van der Waals surface area contributed by atoms with Crippen molar-refractivity contribution in [2.75, 3.05) is 0 Å². The van der Waals surface area contributed by atoms with Crippen LogP contribution in [-0.4, -0.2) is 14.6 Å². The summed E-state index contributed by atoms with van der Waals surface area (Å²) in [7, 11) is -3.62. The smallest absolute Gasteiger partial charge is 0.238 e. The third-order valence-electron chi connectivity index (χ3n) is 2.51. The Balaban J connectivity index is 2.02. The van der Waals surface area contributed by atoms with Gasteiger partial charge in [-0.2, -0.15) is 0 Å². The van der Waals surface area contributed by atoms with Crippen molar-refractivity contribution >= 4 is 27.6 Å². The van der Waals surface area contributed by atoms with Gasteiger partial charge in [0, 0.05) is 16.0 Å². The van der Waals surface area contributed by atoms with Crippen molar-refractivity contribution in [1.82, 2.24) is 0 Å². The number of rotatable bonds is 4. The lowest BCUT2D eigenvalue weighted by atomic mass is 10.2. The molecule has 0 unspecified atom stereocenters. The summed E-state index contributed by atoms with van der Waals surface area (Å²) in [5, 5.41) is 5.03. The maximum atomic E-state index is 11.1. The first kappa shape index (κ1) is 13.9. The highest BCUT2D eigenvalue weighted by Crippen LogP contribution is 2.13. The molecule has 0 spiro atoms. The molecule has 1 heterocycles. The van der Waals surface area contributed by atoms with Crippen LogP contribution in [0.2, 0.25) is 0 Å². The highest BCUT2D eigenvalue weighted by molar-refractivity contribution is 7.89. The average Bonchev–Trinajstić information content (AvgIpc) is 2.75. The first-order chi connectivity index (χ1) is 8.95. The molecule has 4 nitrogen and oxygen atoms in total. The molecule has 0 aliphatic rings. The summed E-state index contributed by atoms with van der Waals surface area (Å²) in [4.78, 5) is 6.80. The van der Waals surface area contributed by atoms with Gasteiger partial charge in [0.1, 0.15) is 0 Å². The summed E-state index contributed by atoms with van der Waals surface area (Å²) in [5.41, 5.74) is 0.942. The minimum absolute atomic E-state index is 0.120. The minimum Gasteiger partial charge on any atom is -0.287 e. The monoisotopic (exact) mass is 294 g/mol. The molecule has 2 rings (SSSR count). The van der Waals surface area contributed by atoms with Gasteiger partial charge in [-0.05, 0) is 36.8 Å². The van der Waals surface area contributed by atoms with Crippen molar-refractivity contribution in [2.24, 2.45) is 10.1 Å². The molecule has 2 N–H and O–H groups in total. The highest BCUT2D eigenvalue weighted by Gasteiger charge is 2.06. The van der Waals surface area contributed by atoms with Crippen LogP contribution in [0.25, 0.3) is 0 Å². The Labute approximate surface area is 116 Å². The van der Waals surface area contributed by atoms with Gasteiger partial charge in [-0.25, -0.2) is 13.6 Å². The van der Waals surface area contributed by atoms with Crippen molar-refractivity contribution < 1.29 is 8.42 Å². The van der Waals surface area contributed by atoms with Gasteiger partial charge < -0.3 is 0 Å². The third kappa shape index (κ3) is 3.99.